The fraction of sp³-hybridized carbons (Fsp3) is 0.514. The van der Waals surface area contributed by atoms with Crippen molar-refractivity contribution in [2.75, 3.05) is 13.7 Å². The van der Waals surface area contributed by atoms with E-state index in [1.807, 2.05) is 47.6 Å². The van der Waals surface area contributed by atoms with Gasteiger partial charge in [0, 0.05) is 24.2 Å². The number of amides is 1. The minimum atomic E-state index is -0.118. The van der Waals surface area contributed by atoms with E-state index in [1.54, 1.807) is 19.2 Å². The highest BCUT2D eigenvalue weighted by atomic mass is 35.5. The number of rotatable bonds is 21. The predicted molar refractivity (Wildman–Crippen MR) is 177 cm³/mol. The molecule has 0 unspecified atom stereocenters. The van der Waals surface area contributed by atoms with Crippen LogP contribution in [0.3, 0.4) is 0 Å². The van der Waals surface area contributed by atoms with E-state index in [0.29, 0.717) is 41.8 Å². The highest BCUT2D eigenvalue weighted by Gasteiger charge is 2.22. The van der Waals surface area contributed by atoms with Crippen molar-refractivity contribution in [2.45, 2.75) is 111 Å². The fourth-order valence-electron chi connectivity index (χ4n) is 5.36. The number of para-hydroxylation sites is 1. The number of pyridine rings is 1. The van der Waals surface area contributed by atoms with Gasteiger partial charge in [0.2, 0.25) is 0 Å². The Labute approximate surface area is 265 Å². The van der Waals surface area contributed by atoms with Gasteiger partial charge >= 0.3 is 0 Å². The number of hydrogen-bond donors (Lipinski definition) is 0. The molecular formula is C37H52ClN2O3+. The predicted octanol–water partition coefficient (Wildman–Crippen LogP) is 9.58. The van der Waals surface area contributed by atoms with Crippen molar-refractivity contribution >= 4 is 17.5 Å². The van der Waals surface area contributed by atoms with Gasteiger partial charge in [0.1, 0.15) is 6.54 Å². The summed E-state index contributed by atoms with van der Waals surface area (Å²) in [7, 11) is 1.66. The van der Waals surface area contributed by atoms with E-state index in [2.05, 4.69) is 30.5 Å². The zero-order valence-electron chi connectivity index (χ0n) is 26.7. The van der Waals surface area contributed by atoms with E-state index in [1.165, 1.54) is 64.2 Å². The van der Waals surface area contributed by atoms with Crippen LogP contribution < -0.4 is 14.0 Å². The average Bonchev–Trinajstić information content (AvgIpc) is 3.03. The molecule has 0 aliphatic heterocycles. The molecule has 234 valence electrons. The third-order valence-electron chi connectivity index (χ3n) is 7.98. The smallest absolute Gasteiger partial charge is 0.255 e. The van der Waals surface area contributed by atoms with Gasteiger partial charge < -0.3 is 14.4 Å². The molecule has 3 aromatic rings. The Balaban J connectivity index is 1.60. The van der Waals surface area contributed by atoms with Gasteiger partial charge in [0.05, 0.1) is 30.8 Å². The van der Waals surface area contributed by atoms with Crippen LogP contribution in [0.25, 0.3) is 0 Å². The number of hydrogen-bond acceptors (Lipinski definition) is 3. The summed E-state index contributed by atoms with van der Waals surface area (Å²) in [5.41, 5.74) is 2.45. The summed E-state index contributed by atoms with van der Waals surface area (Å²) in [4.78, 5) is 15.6. The molecule has 43 heavy (non-hydrogen) atoms. The number of ether oxygens (including phenoxy) is 2. The van der Waals surface area contributed by atoms with Crippen molar-refractivity contribution in [1.82, 2.24) is 4.90 Å². The third kappa shape index (κ3) is 11.9. The molecule has 0 spiro atoms. The maximum absolute atomic E-state index is 13.8. The molecule has 1 aromatic heterocycles. The standard InChI is InChI=1S/C37H52ClN2O3/c1-4-6-7-8-9-10-11-12-13-14-15-18-28-43-36-32(20-19-23-35(36)42-3)30-40(29-31-24-26-39(5-2)27-25-31)37(41)33-21-16-17-22-34(33)38/h16-17,19-27H,4-15,18,28-30H2,1-3H3/q+1. The molecule has 0 atom stereocenters. The molecule has 2 aromatic carbocycles. The number of aryl methyl sites for hydroxylation is 1. The first-order valence-corrected chi connectivity index (χ1v) is 16.8. The number of methoxy groups -OCH3 is 1. The minimum absolute atomic E-state index is 0.118. The number of aromatic nitrogens is 1. The van der Waals surface area contributed by atoms with Crippen molar-refractivity contribution in [3.05, 3.63) is 88.7 Å². The first-order valence-electron chi connectivity index (χ1n) is 16.4. The average molecular weight is 608 g/mol. The zero-order valence-corrected chi connectivity index (χ0v) is 27.4. The number of carbonyl (C=O) groups excluding carboxylic acids is 1. The molecule has 1 heterocycles. The molecule has 1 amide bonds. The molecule has 0 N–H and O–H groups in total. The summed E-state index contributed by atoms with van der Waals surface area (Å²) >= 11 is 6.46. The van der Waals surface area contributed by atoms with Gasteiger partial charge in [0.15, 0.2) is 23.9 Å². The Morgan fingerprint density at radius 1 is 0.767 bits per heavy atom. The molecule has 0 saturated carbocycles. The second-order valence-corrected chi connectivity index (χ2v) is 11.8. The first kappa shape index (κ1) is 34.4. The van der Waals surface area contributed by atoms with Gasteiger partial charge in [-0.3, -0.25) is 4.79 Å². The van der Waals surface area contributed by atoms with Gasteiger partial charge in [-0.05, 0) is 37.1 Å². The van der Waals surface area contributed by atoms with Crippen LogP contribution in [0.15, 0.2) is 67.0 Å². The Morgan fingerprint density at radius 3 is 2.00 bits per heavy atom. The quantitative estimate of drug-likeness (QED) is 0.0894. The van der Waals surface area contributed by atoms with E-state index in [4.69, 9.17) is 21.1 Å². The normalized spacial score (nSPS) is 11.0. The summed E-state index contributed by atoms with van der Waals surface area (Å²) in [5, 5.41) is 0.448. The van der Waals surface area contributed by atoms with Crippen LogP contribution in [0.5, 0.6) is 11.5 Å². The summed E-state index contributed by atoms with van der Waals surface area (Å²) in [5.74, 6) is 1.28. The molecule has 6 heteroatoms. The topological polar surface area (TPSA) is 42.7 Å². The molecule has 3 rings (SSSR count). The summed E-state index contributed by atoms with van der Waals surface area (Å²) < 4.78 is 14.1. The lowest BCUT2D eigenvalue weighted by atomic mass is 10.1. The SMILES string of the molecule is CCCCCCCCCCCCCCOc1c(CN(Cc2cc[n+](CC)cc2)C(=O)c2ccccc2Cl)cccc1OC. The van der Waals surface area contributed by atoms with Crippen LogP contribution in [0, 0.1) is 0 Å². The van der Waals surface area contributed by atoms with Crippen molar-refractivity contribution in [2.24, 2.45) is 0 Å². The van der Waals surface area contributed by atoms with Gasteiger partial charge in [-0.1, -0.05) is 113 Å². The number of carbonyl (C=O) groups is 1. The number of nitrogens with zero attached hydrogens (tertiary/aromatic N) is 2. The highest BCUT2D eigenvalue weighted by Crippen LogP contribution is 2.33. The van der Waals surface area contributed by atoms with Crippen LogP contribution in [-0.4, -0.2) is 24.5 Å². The van der Waals surface area contributed by atoms with Crippen LogP contribution >= 0.6 is 11.6 Å². The first-order chi connectivity index (χ1) is 21.1. The monoisotopic (exact) mass is 607 g/mol. The van der Waals surface area contributed by atoms with E-state index in [9.17, 15) is 4.79 Å². The zero-order chi connectivity index (χ0) is 30.7. The fourth-order valence-corrected chi connectivity index (χ4v) is 5.58. The maximum atomic E-state index is 13.8. The van der Waals surface area contributed by atoms with Gasteiger partial charge in [0.25, 0.3) is 5.91 Å². The Bertz CT molecular complexity index is 1210. The van der Waals surface area contributed by atoms with Gasteiger partial charge in [-0.25, -0.2) is 4.57 Å². The second kappa shape index (κ2) is 20.0. The van der Waals surface area contributed by atoms with E-state index < -0.39 is 0 Å². The second-order valence-electron chi connectivity index (χ2n) is 11.4. The number of benzene rings is 2. The van der Waals surface area contributed by atoms with Crippen LogP contribution in [-0.2, 0) is 19.6 Å². The Hall–Kier alpha value is -3.05. The molecule has 0 radical (unpaired) electrons. The molecule has 0 fully saturated rings. The summed E-state index contributed by atoms with van der Waals surface area (Å²) in [6, 6.07) is 17.2. The summed E-state index contributed by atoms with van der Waals surface area (Å²) in [6.45, 7) is 6.72. The lowest BCUT2D eigenvalue weighted by Crippen LogP contribution is -2.33. The third-order valence-corrected chi connectivity index (χ3v) is 8.31. The molecular weight excluding hydrogens is 556 g/mol. The van der Waals surface area contributed by atoms with Crippen molar-refractivity contribution < 1.29 is 18.8 Å². The van der Waals surface area contributed by atoms with E-state index in [0.717, 1.165) is 30.5 Å². The number of halogens is 1. The molecule has 0 saturated heterocycles. The molecule has 0 aliphatic carbocycles. The number of unbranched alkanes of at least 4 members (excludes halogenated alkanes) is 11. The summed E-state index contributed by atoms with van der Waals surface area (Å²) in [6.07, 6.45) is 19.7. The van der Waals surface area contributed by atoms with Crippen LogP contribution in [0.1, 0.15) is 112 Å². The van der Waals surface area contributed by atoms with Crippen molar-refractivity contribution in [1.29, 1.82) is 0 Å². The van der Waals surface area contributed by atoms with E-state index in [-0.39, 0.29) is 5.91 Å². The van der Waals surface area contributed by atoms with Gasteiger partial charge in [-0.15, -0.1) is 0 Å². The molecule has 5 nitrogen and oxygen atoms in total. The Kier molecular flexibility index (Phi) is 16.0. The van der Waals surface area contributed by atoms with E-state index >= 15 is 0 Å². The molecule has 0 aliphatic rings. The van der Waals surface area contributed by atoms with Crippen molar-refractivity contribution in [3.63, 3.8) is 0 Å². The molecule has 0 bridgehead atoms. The minimum Gasteiger partial charge on any atom is -0.493 e. The Morgan fingerprint density at radius 2 is 1.40 bits per heavy atom. The van der Waals surface area contributed by atoms with Crippen LogP contribution in [0.4, 0.5) is 0 Å². The lowest BCUT2D eigenvalue weighted by Gasteiger charge is -2.25. The largest absolute Gasteiger partial charge is 0.493 e. The lowest BCUT2D eigenvalue weighted by molar-refractivity contribution is -0.693. The van der Waals surface area contributed by atoms with Crippen molar-refractivity contribution in [3.8, 4) is 11.5 Å². The van der Waals surface area contributed by atoms with Gasteiger partial charge in [-0.2, -0.15) is 0 Å². The maximum Gasteiger partial charge on any atom is 0.255 e. The van der Waals surface area contributed by atoms with Crippen LogP contribution in [0.2, 0.25) is 5.02 Å². The highest BCUT2D eigenvalue weighted by molar-refractivity contribution is 6.33.